The van der Waals surface area contributed by atoms with Crippen molar-refractivity contribution < 1.29 is 23.8 Å². The number of benzene rings is 4. The fourth-order valence-corrected chi connectivity index (χ4v) is 4.43. The van der Waals surface area contributed by atoms with Gasteiger partial charge in [-0.15, -0.1) is 0 Å². The second-order valence-electron chi connectivity index (χ2n) is 7.60. The SMILES string of the molecule is COc1cc(/C=N\NC(=O)COc2ccc3ccccc3c2Br)ccc1OC(=O)c1ccc(Cl)cc1Cl. The molecule has 0 unspecified atom stereocenters. The molecular weight excluding hydrogens is 583 g/mol. The summed E-state index contributed by atoms with van der Waals surface area (Å²) >= 11 is 15.5. The summed E-state index contributed by atoms with van der Waals surface area (Å²) in [6.07, 6.45) is 1.42. The normalized spacial score (nSPS) is 10.9. The van der Waals surface area contributed by atoms with Crippen LogP contribution in [-0.4, -0.2) is 31.8 Å². The molecule has 0 spiro atoms. The van der Waals surface area contributed by atoms with Crippen molar-refractivity contribution in [1.82, 2.24) is 5.43 Å². The molecular formula is C27H19BrCl2N2O5. The molecule has 4 rings (SSSR count). The number of nitrogens with zero attached hydrogens (tertiary/aromatic N) is 1. The lowest BCUT2D eigenvalue weighted by atomic mass is 10.1. The lowest BCUT2D eigenvalue weighted by Gasteiger charge is -2.11. The molecule has 188 valence electrons. The highest BCUT2D eigenvalue weighted by atomic mass is 79.9. The van der Waals surface area contributed by atoms with Gasteiger partial charge in [0.25, 0.3) is 5.91 Å². The van der Waals surface area contributed by atoms with E-state index in [9.17, 15) is 9.59 Å². The van der Waals surface area contributed by atoms with Gasteiger partial charge in [-0.1, -0.05) is 53.5 Å². The average molecular weight is 602 g/mol. The molecule has 1 N–H and O–H groups in total. The van der Waals surface area contributed by atoms with E-state index < -0.39 is 11.9 Å². The summed E-state index contributed by atoms with van der Waals surface area (Å²) in [4.78, 5) is 24.7. The van der Waals surface area contributed by atoms with Gasteiger partial charge in [-0.05, 0) is 74.7 Å². The van der Waals surface area contributed by atoms with E-state index >= 15 is 0 Å². The molecule has 4 aromatic rings. The number of methoxy groups -OCH3 is 1. The van der Waals surface area contributed by atoms with Gasteiger partial charge >= 0.3 is 5.97 Å². The van der Waals surface area contributed by atoms with Gasteiger partial charge in [0.1, 0.15) is 5.75 Å². The fourth-order valence-electron chi connectivity index (χ4n) is 3.34. The molecule has 10 heteroatoms. The summed E-state index contributed by atoms with van der Waals surface area (Å²) in [7, 11) is 1.44. The predicted molar refractivity (Wildman–Crippen MR) is 147 cm³/mol. The maximum Gasteiger partial charge on any atom is 0.345 e. The quantitative estimate of drug-likeness (QED) is 0.106. The van der Waals surface area contributed by atoms with Crippen molar-refractivity contribution in [3.63, 3.8) is 0 Å². The largest absolute Gasteiger partial charge is 0.493 e. The summed E-state index contributed by atoms with van der Waals surface area (Å²) in [6, 6.07) is 20.8. The maximum absolute atomic E-state index is 12.5. The molecule has 0 atom stereocenters. The Hall–Kier alpha value is -3.59. The lowest BCUT2D eigenvalue weighted by molar-refractivity contribution is -0.123. The molecule has 0 aliphatic carbocycles. The minimum atomic E-state index is -0.660. The Morgan fingerprint density at radius 2 is 1.76 bits per heavy atom. The van der Waals surface area contributed by atoms with Crippen molar-refractivity contribution in [2.75, 3.05) is 13.7 Å². The maximum atomic E-state index is 12.5. The summed E-state index contributed by atoms with van der Waals surface area (Å²) in [6.45, 7) is -0.222. The van der Waals surface area contributed by atoms with Gasteiger partial charge in [0.05, 0.1) is 28.4 Å². The molecule has 0 radical (unpaired) electrons. The van der Waals surface area contributed by atoms with Crippen LogP contribution in [0.15, 0.2) is 82.4 Å². The Morgan fingerprint density at radius 3 is 2.54 bits per heavy atom. The van der Waals surface area contributed by atoms with E-state index in [1.165, 1.54) is 25.5 Å². The number of nitrogens with one attached hydrogen (secondary N) is 1. The predicted octanol–water partition coefficient (Wildman–Crippen LogP) is 6.67. The molecule has 1 amide bonds. The summed E-state index contributed by atoms with van der Waals surface area (Å²) < 4.78 is 17.2. The van der Waals surface area contributed by atoms with Crippen molar-refractivity contribution in [2.45, 2.75) is 0 Å². The second-order valence-corrected chi connectivity index (χ2v) is 9.24. The van der Waals surface area contributed by atoms with Gasteiger partial charge < -0.3 is 14.2 Å². The summed E-state index contributed by atoms with van der Waals surface area (Å²) in [5.41, 5.74) is 3.18. The van der Waals surface area contributed by atoms with E-state index in [1.54, 1.807) is 30.3 Å². The molecule has 0 aliphatic rings. The monoisotopic (exact) mass is 600 g/mol. The molecule has 0 bridgehead atoms. The van der Waals surface area contributed by atoms with Crippen LogP contribution < -0.4 is 19.6 Å². The molecule has 0 heterocycles. The van der Waals surface area contributed by atoms with Crippen LogP contribution in [0.2, 0.25) is 10.0 Å². The highest BCUT2D eigenvalue weighted by molar-refractivity contribution is 9.10. The zero-order valence-corrected chi connectivity index (χ0v) is 22.4. The minimum Gasteiger partial charge on any atom is -0.493 e. The molecule has 0 aromatic heterocycles. The first-order chi connectivity index (χ1) is 17.9. The Labute approximate surface area is 231 Å². The van der Waals surface area contributed by atoms with Gasteiger partial charge in [-0.25, -0.2) is 10.2 Å². The standard InChI is InChI=1S/C27H19BrCl2N2O5/c1-35-24-12-16(6-10-22(24)37-27(34)20-9-8-18(29)13-21(20)30)14-31-32-25(33)15-36-23-11-7-17-4-2-3-5-19(17)26(23)28/h2-14H,15H2,1H3,(H,32,33)/b31-14-. The zero-order valence-electron chi connectivity index (χ0n) is 19.3. The van der Waals surface area contributed by atoms with Gasteiger partial charge in [0.15, 0.2) is 18.1 Å². The van der Waals surface area contributed by atoms with Crippen LogP contribution in [0.5, 0.6) is 17.2 Å². The number of ether oxygens (including phenoxy) is 3. The first-order valence-corrected chi connectivity index (χ1v) is 12.4. The van der Waals surface area contributed by atoms with Gasteiger partial charge in [-0.2, -0.15) is 5.10 Å². The third kappa shape index (κ3) is 6.60. The van der Waals surface area contributed by atoms with E-state index in [2.05, 4.69) is 26.5 Å². The fraction of sp³-hybridized carbons (Fsp3) is 0.0741. The Kier molecular flexibility index (Phi) is 8.66. The molecule has 0 saturated carbocycles. The van der Waals surface area contributed by atoms with E-state index in [-0.39, 0.29) is 22.9 Å². The van der Waals surface area contributed by atoms with E-state index in [0.717, 1.165) is 15.2 Å². The van der Waals surface area contributed by atoms with E-state index in [1.807, 2.05) is 30.3 Å². The van der Waals surface area contributed by atoms with Gasteiger partial charge in [0.2, 0.25) is 0 Å². The average Bonchev–Trinajstić information content (AvgIpc) is 2.89. The smallest absolute Gasteiger partial charge is 0.345 e. The van der Waals surface area contributed by atoms with Crippen molar-refractivity contribution >= 4 is 68.0 Å². The number of halogens is 3. The highest BCUT2D eigenvalue weighted by Gasteiger charge is 2.16. The van der Waals surface area contributed by atoms with Crippen LogP contribution >= 0.6 is 39.1 Å². The number of amides is 1. The number of rotatable bonds is 8. The van der Waals surface area contributed by atoms with Crippen LogP contribution in [0.4, 0.5) is 0 Å². The highest BCUT2D eigenvalue weighted by Crippen LogP contribution is 2.33. The zero-order chi connectivity index (χ0) is 26.4. The number of hydrogen-bond acceptors (Lipinski definition) is 6. The molecule has 0 fully saturated rings. The summed E-state index contributed by atoms with van der Waals surface area (Å²) in [5.74, 6) is -0.0692. The molecule has 0 aliphatic heterocycles. The van der Waals surface area contributed by atoms with Crippen molar-refractivity contribution in [3.8, 4) is 17.2 Å². The van der Waals surface area contributed by atoms with Gasteiger partial charge in [0, 0.05) is 5.02 Å². The number of carbonyl (C=O) groups excluding carboxylic acids is 2. The first kappa shape index (κ1) is 26.5. The third-order valence-corrected chi connectivity index (χ3v) is 6.50. The Morgan fingerprint density at radius 1 is 0.973 bits per heavy atom. The topological polar surface area (TPSA) is 86.2 Å². The van der Waals surface area contributed by atoms with Crippen LogP contribution in [0.25, 0.3) is 10.8 Å². The van der Waals surface area contributed by atoms with Crippen LogP contribution in [0.1, 0.15) is 15.9 Å². The number of fused-ring (bicyclic) bond motifs is 1. The van der Waals surface area contributed by atoms with E-state index in [0.29, 0.717) is 22.1 Å². The van der Waals surface area contributed by atoms with Crippen LogP contribution in [-0.2, 0) is 4.79 Å². The third-order valence-electron chi connectivity index (χ3n) is 5.13. The Bertz CT molecular complexity index is 1510. The summed E-state index contributed by atoms with van der Waals surface area (Å²) in [5, 5.41) is 6.57. The first-order valence-electron chi connectivity index (χ1n) is 10.8. The Balaban J connectivity index is 1.35. The number of esters is 1. The molecule has 4 aromatic carbocycles. The molecule has 0 saturated heterocycles. The van der Waals surface area contributed by atoms with Crippen LogP contribution in [0.3, 0.4) is 0 Å². The second kappa shape index (κ2) is 12.1. The van der Waals surface area contributed by atoms with Crippen LogP contribution in [0, 0.1) is 0 Å². The number of hydrazone groups is 1. The van der Waals surface area contributed by atoms with Crippen molar-refractivity contribution in [1.29, 1.82) is 0 Å². The number of hydrogen-bond donors (Lipinski definition) is 1. The van der Waals surface area contributed by atoms with Crippen molar-refractivity contribution in [2.24, 2.45) is 5.10 Å². The molecule has 37 heavy (non-hydrogen) atoms. The minimum absolute atomic E-state index is 0.166. The number of carbonyl (C=O) groups is 2. The van der Waals surface area contributed by atoms with Crippen molar-refractivity contribution in [3.05, 3.63) is 98.4 Å². The molecule has 7 nitrogen and oxygen atoms in total. The van der Waals surface area contributed by atoms with E-state index in [4.69, 9.17) is 37.4 Å². The lowest BCUT2D eigenvalue weighted by Crippen LogP contribution is -2.24. The van der Waals surface area contributed by atoms with Gasteiger partial charge in [-0.3, -0.25) is 4.79 Å².